The van der Waals surface area contributed by atoms with E-state index in [9.17, 15) is 0 Å². The molecule has 13 heavy (non-hydrogen) atoms. The van der Waals surface area contributed by atoms with E-state index in [0.29, 0.717) is 0 Å². The number of aliphatic imine (C=N–C) groups is 1. The molecule has 3 N–H and O–H groups in total. The normalized spacial score (nSPS) is 11.8. The maximum Gasteiger partial charge on any atom is 0.143 e. The Morgan fingerprint density at radius 3 is 2.92 bits per heavy atom. The SMILES string of the molecule is CCCN=C(NN)c1csc(C)c1. The third kappa shape index (κ3) is 2.82. The first kappa shape index (κ1) is 10.2. The van der Waals surface area contributed by atoms with Crippen LogP contribution in [-0.2, 0) is 0 Å². The minimum Gasteiger partial charge on any atom is -0.308 e. The number of nitrogens with two attached hydrogens (primary N) is 1. The van der Waals surface area contributed by atoms with Crippen molar-refractivity contribution in [1.29, 1.82) is 0 Å². The molecule has 4 heteroatoms. The second-order valence-electron chi connectivity index (χ2n) is 2.82. The fourth-order valence-electron chi connectivity index (χ4n) is 1.01. The van der Waals surface area contributed by atoms with E-state index in [1.807, 2.05) is 0 Å². The van der Waals surface area contributed by atoms with Crippen LogP contribution in [0.4, 0.5) is 0 Å². The zero-order chi connectivity index (χ0) is 9.68. The van der Waals surface area contributed by atoms with Crippen molar-refractivity contribution in [3.8, 4) is 0 Å². The number of rotatable bonds is 3. The second kappa shape index (κ2) is 4.99. The molecule has 0 aromatic carbocycles. The van der Waals surface area contributed by atoms with Crippen molar-refractivity contribution in [2.45, 2.75) is 20.3 Å². The molecule has 0 bridgehead atoms. The highest BCUT2D eigenvalue weighted by molar-refractivity contribution is 7.10. The molecule has 1 rings (SSSR count). The standard InChI is InChI=1S/C9H15N3S/c1-3-4-11-9(12-10)8-5-7(2)13-6-8/h5-6H,3-4,10H2,1-2H3,(H,11,12). The fraction of sp³-hybridized carbons (Fsp3) is 0.444. The highest BCUT2D eigenvalue weighted by Crippen LogP contribution is 2.12. The van der Waals surface area contributed by atoms with Gasteiger partial charge in [0.15, 0.2) is 0 Å². The van der Waals surface area contributed by atoms with E-state index in [1.165, 1.54) is 4.88 Å². The molecule has 0 aliphatic heterocycles. The van der Waals surface area contributed by atoms with Crippen LogP contribution in [0, 0.1) is 6.92 Å². The van der Waals surface area contributed by atoms with Crippen molar-refractivity contribution in [3.63, 3.8) is 0 Å². The summed E-state index contributed by atoms with van der Waals surface area (Å²) in [4.78, 5) is 5.60. The molecule has 0 spiro atoms. The van der Waals surface area contributed by atoms with E-state index >= 15 is 0 Å². The number of nitrogens with zero attached hydrogens (tertiary/aromatic N) is 1. The minimum absolute atomic E-state index is 0.784. The highest BCUT2D eigenvalue weighted by atomic mass is 32.1. The summed E-state index contributed by atoms with van der Waals surface area (Å²) >= 11 is 1.71. The average molecular weight is 197 g/mol. The maximum atomic E-state index is 5.38. The van der Waals surface area contributed by atoms with Crippen LogP contribution in [0.2, 0.25) is 0 Å². The van der Waals surface area contributed by atoms with Gasteiger partial charge in [-0.2, -0.15) is 0 Å². The first-order valence-corrected chi connectivity index (χ1v) is 5.22. The predicted octanol–water partition coefficient (Wildman–Crippen LogP) is 1.68. The van der Waals surface area contributed by atoms with Crippen LogP contribution < -0.4 is 11.3 Å². The predicted molar refractivity (Wildman–Crippen MR) is 58.1 cm³/mol. The van der Waals surface area contributed by atoms with Gasteiger partial charge in [0.1, 0.15) is 5.84 Å². The monoisotopic (exact) mass is 197 g/mol. The van der Waals surface area contributed by atoms with E-state index in [2.05, 4.69) is 35.7 Å². The zero-order valence-corrected chi connectivity index (χ0v) is 8.82. The fourth-order valence-corrected chi connectivity index (χ4v) is 1.70. The molecule has 0 aliphatic carbocycles. The molecule has 0 fully saturated rings. The van der Waals surface area contributed by atoms with Crippen LogP contribution in [0.1, 0.15) is 23.8 Å². The van der Waals surface area contributed by atoms with Crippen LogP contribution in [0.15, 0.2) is 16.4 Å². The van der Waals surface area contributed by atoms with Crippen molar-refractivity contribution in [2.24, 2.45) is 10.8 Å². The summed E-state index contributed by atoms with van der Waals surface area (Å²) in [6.45, 7) is 4.98. The molecule has 0 saturated heterocycles. The van der Waals surface area contributed by atoms with Gasteiger partial charge in [0.05, 0.1) is 0 Å². The van der Waals surface area contributed by atoms with Gasteiger partial charge >= 0.3 is 0 Å². The van der Waals surface area contributed by atoms with Crippen LogP contribution in [0.3, 0.4) is 0 Å². The third-order valence-corrected chi connectivity index (χ3v) is 2.50. The van der Waals surface area contributed by atoms with Gasteiger partial charge in [0.25, 0.3) is 0 Å². The van der Waals surface area contributed by atoms with Gasteiger partial charge in [0, 0.05) is 22.4 Å². The summed E-state index contributed by atoms with van der Waals surface area (Å²) in [7, 11) is 0. The molecule has 0 unspecified atom stereocenters. The van der Waals surface area contributed by atoms with Gasteiger partial charge in [0.2, 0.25) is 0 Å². The molecule has 1 aromatic rings. The minimum atomic E-state index is 0.784. The molecular weight excluding hydrogens is 182 g/mol. The first-order chi connectivity index (χ1) is 6.27. The summed E-state index contributed by atoms with van der Waals surface area (Å²) in [6, 6.07) is 2.08. The molecule has 0 aliphatic rings. The zero-order valence-electron chi connectivity index (χ0n) is 8.00. The number of hydrogen-bond acceptors (Lipinski definition) is 3. The van der Waals surface area contributed by atoms with E-state index < -0.39 is 0 Å². The van der Waals surface area contributed by atoms with Crippen LogP contribution >= 0.6 is 11.3 Å². The summed E-state index contributed by atoms with van der Waals surface area (Å²) < 4.78 is 0. The number of hydrazine groups is 1. The van der Waals surface area contributed by atoms with Crippen molar-refractivity contribution in [3.05, 3.63) is 21.9 Å². The Bertz CT molecular complexity index is 291. The second-order valence-corrected chi connectivity index (χ2v) is 3.94. The number of amidine groups is 1. The van der Waals surface area contributed by atoms with Crippen molar-refractivity contribution >= 4 is 17.2 Å². The average Bonchev–Trinajstić information content (AvgIpc) is 2.54. The molecule has 1 aromatic heterocycles. The molecule has 1 heterocycles. The Balaban J connectivity index is 2.77. The van der Waals surface area contributed by atoms with Gasteiger partial charge < -0.3 is 5.43 Å². The molecule has 0 saturated carbocycles. The van der Waals surface area contributed by atoms with E-state index in [-0.39, 0.29) is 0 Å². The summed E-state index contributed by atoms with van der Waals surface area (Å²) in [5.41, 5.74) is 3.71. The van der Waals surface area contributed by atoms with Gasteiger partial charge in [-0.3, -0.25) is 4.99 Å². The Labute approximate surface area is 82.7 Å². The lowest BCUT2D eigenvalue weighted by molar-refractivity contribution is 0.908. The van der Waals surface area contributed by atoms with Crippen molar-refractivity contribution < 1.29 is 0 Å². The number of thiophene rings is 1. The van der Waals surface area contributed by atoms with Gasteiger partial charge in [-0.15, -0.1) is 11.3 Å². The molecular formula is C9H15N3S. The van der Waals surface area contributed by atoms with E-state index in [4.69, 9.17) is 5.84 Å². The Hall–Kier alpha value is -0.870. The van der Waals surface area contributed by atoms with Crippen LogP contribution in [0.25, 0.3) is 0 Å². The number of aryl methyl sites for hydroxylation is 1. The highest BCUT2D eigenvalue weighted by Gasteiger charge is 2.02. The largest absolute Gasteiger partial charge is 0.308 e. The molecule has 0 atom stereocenters. The molecule has 72 valence electrons. The molecule has 0 amide bonds. The van der Waals surface area contributed by atoms with Crippen molar-refractivity contribution in [2.75, 3.05) is 6.54 Å². The number of hydrogen-bond donors (Lipinski definition) is 2. The quantitative estimate of drug-likeness (QED) is 0.335. The van der Waals surface area contributed by atoms with Gasteiger partial charge in [-0.1, -0.05) is 6.92 Å². The van der Waals surface area contributed by atoms with E-state index in [1.54, 1.807) is 11.3 Å². The maximum absolute atomic E-state index is 5.38. The Kier molecular flexibility index (Phi) is 3.92. The molecule has 0 radical (unpaired) electrons. The lowest BCUT2D eigenvalue weighted by atomic mass is 10.3. The summed E-state index contributed by atoms with van der Waals surface area (Å²) in [5, 5.41) is 2.06. The lowest BCUT2D eigenvalue weighted by Crippen LogP contribution is -2.31. The summed E-state index contributed by atoms with van der Waals surface area (Å²) in [5.74, 6) is 6.16. The van der Waals surface area contributed by atoms with Gasteiger partial charge in [-0.25, -0.2) is 5.84 Å². The smallest absolute Gasteiger partial charge is 0.143 e. The topological polar surface area (TPSA) is 50.4 Å². The van der Waals surface area contributed by atoms with Gasteiger partial charge in [-0.05, 0) is 19.4 Å². The van der Waals surface area contributed by atoms with Crippen molar-refractivity contribution in [1.82, 2.24) is 5.43 Å². The van der Waals surface area contributed by atoms with Crippen LogP contribution in [-0.4, -0.2) is 12.4 Å². The lowest BCUT2D eigenvalue weighted by Gasteiger charge is -2.01. The Morgan fingerprint density at radius 2 is 2.46 bits per heavy atom. The third-order valence-electron chi connectivity index (χ3n) is 1.63. The molecule has 3 nitrogen and oxygen atoms in total. The number of nitrogens with one attached hydrogen (secondary N) is 1. The summed E-state index contributed by atoms with van der Waals surface area (Å²) in [6.07, 6.45) is 1.04. The van der Waals surface area contributed by atoms with Crippen LogP contribution in [0.5, 0.6) is 0 Å². The first-order valence-electron chi connectivity index (χ1n) is 4.34. The Morgan fingerprint density at radius 1 is 1.69 bits per heavy atom. The van der Waals surface area contributed by atoms with E-state index in [0.717, 1.165) is 24.4 Å².